The molecule has 0 N–H and O–H groups in total. The Labute approximate surface area is 136 Å². The molecule has 120 valence electrons. The lowest BCUT2D eigenvalue weighted by atomic mass is 10.1. The first kappa shape index (κ1) is 17.0. The van der Waals surface area contributed by atoms with Crippen LogP contribution in [0.3, 0.4) is 0 Å². The summed E-state index contributed by atoms with van der Waals surface area (Å²) in [5.74, 6) is 0.567. The summed E-state index contributed by atoms with van der Waals surface area (Å²) in [7, 11) is 1.89. The van der Waals surface area contributed by atoms with Crippen LogP contribution in [0.1, 0.15) is 16.7 Å². The molecule has 0 saturated heterocycles. The van der Waals surface area contributed by atoms with Gasteiger partial charge in [-0.1, -0.05) is 36.4 Å². The monoisotopic (exact) mass is 312 g/mol. The van der Waals surface area contributed by atoms with E-state index in [2.05, 4.69) is 6.07 Å². The number of halogens is 1. The highest BCUT2D eigenvalue weighted by molar-refractivity contribution is 5.41. The maximum Gasteiger partial charge on any atom is 0.147 e. The summed E-state index contributed by atoms with van der Waals surface area (Å²) in [5.41, 5.74) is 2.57. The number of nitriles is 1. The molecule has 3 nitrogen and oxygen atoms in total. The van der Waals surface area contributed by atoms with Gasteiger partial charge in [-0.05, 0) is 37.2 Å². The van der Waals surface area contributed by atoms with Crippen molar-refractivity contribution >= 4 is 0 Å². The zero-order valence-corrected chi connectivity index (χ0v) is 13.5. The van der Waals surface area contributed by atoms with Crippen molar-refractivity contribution in [3.8, 4) is 11.8 Å². The van der Waals surface area contributed by atoms with Crippen molar-refractivity contribution in [1.29, 1.82) is 5.26 Å². The van der Waals surface area contributed by atoms with Crippen LogP contribution in [-0.4, -0.2) is 31.3 Å². The maximum atomic E-state index is 14.1. The first-order valence-electron chi connectivity index (χ1n) is 7.58. The second-order valence-electron chi connectivity index (χ2n) is 5.68. The predicted octanol–water partition coefficient (Wildman–Crippen LogP) is 3.72. The van der Waals surface area contributed by atoms with Crippen molar-refractivity contribution in [1.82, 2.24) is 4.90 Å². The highest BCUT2D eigenvalue weighted by atomic mass is 19.1. The zero-order valence-electron chi connectivity index (χ0n) is 13.5. The van der Waals surface area contributed by atoms with Gasteiger partial charge < -0.3 is 4.74 Å². The van der Waals surface area contributed by atoms with Crippen LogP contribution < -0.4 is 4.74 Å². The van der Waals surface area contributed by atoms with Crippen LogP contribution in [0, 0.1) is 18.3 Å². The third kappa shape index (κ3) is 5.39. The number of hydrogen-bond donors (Lipinski definition) is 0. The molecular weight excluding hydrogens is 291 g/mol. The van der Waals surface area contributed by atoms with E-state index in [0.717, 1.165) is 11.1 Å². The van der Waals surface area contributed by atoms with E-state index < -0.39 is 6.17 Å². The zero-order chi connectivity index (χ0) is 16.7. The number of rotatable bonds is 7. The summed E-state index contributed by atoms with van der Waals surface area (Å²) in [4.78, 5) is 1.93. The van der Waals surface area contributed by atoms with E-state index >= 15 is 0 Å². The van der Waals surface area contributed by atoms with Gasteiger partial charge >= 0.3 is 0 Å². The van der Waals surface area contributed by atoms with Crippen LogP contribution in [0.4, 0.5) is 4.39 Å². The van der Waals surface area contributed by atoms with E-state index in [1.807, 2.05) is 55.3 Å². The molecule has 23 heavy (non-hydrogen) atoms. The van der Waals surface area contributed by atoms with Crippen molar-refractivity contribution < 1.29 is 9.13 Å². The molecule has 0 aliphatic carbocycles. The second kappa shape index (κ2) is 8.30. The molecule has 4 heteroatoms. The van der Waals surface area contributed by atoms with Crippen LogP contribution in [0.15, 0.2) is 48.5 Å². The topological polar surface area (TPSA) is 36.3 Å². The summed E-state index contributed by atoms with van der Waals surface area (Å²) < 4.78 is 19.7. The van der Waals surface area contributed by atoms with Gasteiger partial charge in [0.1, 0.15) is 18.5 Å². The molecule has 0 radical (unpaired) electrons. The Balaban J connectivity index is 1.83. The first-order chi connectivity index (χ1) is 11.1. The van der Waals surface area contributed by atoms with E-state index in [1.54, 1.807) is 12.1 Å². The fraction of sp³-hybridized carbons (Fsp3) is 0.316. The fourth-order valence-electron chi connectivity index (χ4n) is 2.36. The van der Waals surface area contributed by atoms with Gasteiger partial charge in [0.2, 0.25) is 0 Å². The molecule has 0 bridgehead atoms. The molecule has 2 rings (SSSR count). The van der Waals surface area contributed by atoms with Crippen LogP contribution in [0.25, 0.3) is 0 Å². The van der Waals surface area contributed by atoms with Gasteiger partial charge in [0, 0.05) is 13.1 Å². The van der Waals surface area contributed by atoms with Crippen molar-refractivity contribution in [2.24, 2.45) is 0 Å². The normalized spacial score (nSPS) is 12.0. The highest BCUT2D eigenvalue weighted by Crippen LogP contribution is 2.19. The number of hydrogen-bond acceptors (Lipinski definition) is 3. The van der Waals surface area contributed by atoms with E-state index in [0.29, 0.717) is 24.4 Å². The molecule has 1 unspecified atom stereocenters. The van der Waals surface area contributed by atoms with E-state index in [1.165, 1.54) is 0 Å². The van der Waals surface area contributed by atoms with Crippen molar-refractivity contribution in [2.45, 2.75) is 19.6 Å². The minimum Gasteiger partial charge on any atom is -0.490 e. The molecule has 0 aromatic heterocycles. The molecule has 0 aliphatic rings. The molecule has 0 heterocycles. The maximum absolute atomic E-state index is 14.1. The SMILES string of the molecule is Cc1ccc(C#N)cc1OCC(F)CN(C)Cc1ccccc1. The van der Waals surface area contributed by atoms with Gasteiger partial charge in [0.25, 0.3) is 0 Å². The molecule has 0 aliphatic heterocycles. The smallest absolute Gasteiger partial charge is 0.147 e. The van der Waals surface area contributed by atoms with Gasteiger partial charge in [-0.15, -0.1) is 0 Å². The van der Waals surface area contributed by atoms with E-state index in [4.69, 9.17) is 10.00 Å². The quantitative estimate of drug-likeness (QED) is 0.782. The molecule has 0 amide bonds. The number of benzene rings is 2. The summed E-state index contributed by atoms with van der Waals surface area (Å²) in [5, 5.41) is 8.90. The predicted molar refractivity (Wildman–Crippen MR) is 89.1 cm³/mol. The third-order valence-electron chi connectivity index (χ3n) is 3.54. The average Bonchev–Trinajstić information content (AvgIpc) is 2.55. The Bertz CT molecular complexity index is 667. The second-order valence-corrected chi connectivity index (χ2v) is 5.68. The molecule has 2 aromatic rings. The Morgan fingerprint density at radius 1 is 1.22 bits per heavy atom. The molecule has 0 spiro atoms. The molecule has 0 fully saturated rings. The fourth-order valence-corrected chi connectivity index (χ4v) is 2.36. The van der Waals surface area contributed by atoms with E-state index in [-0.39, 0.29) is 6.61 Å². The summed E-state index contributed by atoms with van der Waals surface area (Å²) in [6.45, 7) is 2.86. The van der Waals surface area contributed by atoms with Gasteiger partial charge in [-0.2, -0.15) is 5.26 Å². The lowest BCUT2D eigenvalue weighted by Gasteiger charge is -2.20. The minimum absolute atomic E-state index is 0.0190. The van der Waals surface area contributed by atoms with Crippen LogP contribution in [-0.2, 0) is 6.54 Å². The number of ether oxygens (including phenoxy) is 1. The van der Waals surface area contributed by atoms with Crippen molar-refractivity contribution in [3.05, 3.63) is 65.2 Å². The van der Waals surface area contributed by atoms with E-state index in [9.17, 15) is 4.39 Å². The Morgan fingerprint density at radius 2 is 1.96 bits per heavy atom. The number of alkyl halides is 1. The summed E-state index contributed by atoms with van der Waals surface area (Å²) >= 11 is 0. The lowest BCUT2D eigenvalue weighted by molar-refractivity contribution is 0.148. The molecule has 0 saturated carbocycles. The standard InChI is InChI=1S/C19H21FN2O/c1-15-8-9-17(11-21)10-19(15)23-14-18(20)13-22(2)12-16-6-4-3-5-7-16/h3-10,18H,12-14H2,1-2H3. The van der Waals surface area contributed by atoms with Gasteiger partial charge in [0.15, 0.2) is 0 Å². The number of nitrogens with zero attached hydrogens (tertiary/aromatic N) is 2. The molecule has 1 atom stereocenters. The summed E-state index contributed by atoms with van der Waals surface area (Å²) in [6, 6.07) is 17.2. The van der Waals surface area contributed by atoms with Crippen LogP contribution in [0.2, 0.25) is 0 Å². The van der Waals surface area contributed by atoms with Gasteiger partial charge in [0.05, 0.1) is 11.6 Å². The lowest BCUT2D eigenvalue weighted by Crippen LogP contribution is -2.30. The largest absolute Gasteiger partial charge is 0.490 e. The first-order valence-corrected chi connectivity index (χ1v) is 7.58. The Morgan fingerprint density at radius 3 is 2.65 bits per heavy atom. The highest BCUT2D eigenvalue weighted by Gasteiger charge is 2.12. The van der Waals surface area contributed by atoms with Crippen molar-refractivity contribution in [3.63, 3.8) is 0 Å². The van der Waals surface area contributed by atoms with Gasteiger partial charge in [-0.3, -0.25) is 4.90 Å². The Kier molecular flexibility index (Phi) is 6.13. The average molecular weight is 312 g/mol. The van der Waals surface area contributed by atoms with Crippen molar-refractivity contribution in [2.75, 3.05) is 20.2 Å². The minimum atomic E-state index is -1.09. The third-order valence-corrected chi connectivity index (χ3v) is 3.54. The summed E-state index contributed by atoms with van der Waals surface area (Å²) in [6.07, 6.45) is -1.09. The molecule has 2 aromatic carbocycles. The molecular formula is C19H21FN2O. The van der Waals surface area contributed by atoms with Crippen LogP contribution in [0.5, 0.6) is 5.75 Å². The Hall–Kier alpha value is -2.38. The van der Waals surface area contributed by atoms with Gasteiger partial charge in [-0.25, -0.2) is 4.39 Å². The number of aryl methyl sites for hydroxylation is 1. The van der Waals surface area contributed by atoms with Crippen LogP contribution >= 0.6 is 0 Å².